The first-order valence-corrected chi connectivity index (χ1v) is 5.44. The van der Waals surface area contributed by atoms with E-state index in [1.165, 1.54) is 0 Å². The Kier molecular flexibility index (Phi) is 4.47. The van der Waals surface area contributed by atoms with E-state index in [0.717, 1.165) is 0 Å². The third-order valence-corrected chi connectivity index (χ3v) is 2.66. The molecule has 0 radical (unpaired) electrons. The predicted octanol–water partition coefficient (Wildman–Crippen LogP) is 1.99. The first kappa shape index (κ1) is 12.7. The van der Waals surface area contributed by atoms with Gasteiger partial charge in [-0.3, -0.25) is 0 Å². The summed E-state index contributed by atoms with van der Waals surface area (Å²) < 4.78 is 5.33. The molecule has 1 aromatic rings. The monoisotopic (exact) mass is 283 g/mol. The van der Waals surface area contributed by atoms with Crippen LogP contribution in [-0.4, -0.2) is 17.7 Å². The number of hydrogen-bond acceptors (Lipinski definition) is 4. The average molecular weight is 284 g/mol. The molecule has 0 aliphatic heterocycles. The van der Waals surface area contributed by atoms with Gasteiger partial charge in [-0.2, -0.15) is 5.26 Å². The zero-order chi connectivity index (χ0) is 12.1. The van der Waals surface area contributed by atoms with Gasteiger partial charge >= 0.3 is 5.97 Å². The van der Waals surface area contributed by atoms with Crippen molar-refractivity contribution in [1.82, 2.24) is 0 Å². The van der Waals surface area contributed by atoms with Gasteiger partial charge in [-0.05, 0) is 34.5 Å². The van der Waals surface area contributed by atoms with Crippen LogP contribution in [0.2, 0.25) is 0 Å². The van der Waals surface area contributed by atoms with E-state index in [1.54, 1.807) is 19.1 Å². The van der Waals surface area contributed by atoms with E-state index in [-0.39, 0.29) is 24.3 Å². The summed E-state index contributed by atoms with van der Waals surface area (Å²) in [6.45, 7) is 1.63. The molecular formula is C11H10BrNO3. The summed E-state index contributed by atoms with van der Waals surface area (Å²) in [6.07, 6.45) is 0. The fraction of sp³-hybridized carbons (Fsp3) is 0.273. The Morgan fingerprint density at radius 1 is 1.62 bits per heavy atom. The van der Waals surface area contributed by atoms with Crippen molar-refractivity contribution in [2.24, 2.45) is 0 Å². The Morgan fingerprint density at radius 2 is 2.31 bits per heavy atom. The molecule has 1 aromatic carbocycles. The Balaban J connectivity index is 3.35. The number of hydrogen-bond donors (Lipinski definition) is 1. The lowest BCUT2D eigenvalue weighted by Gasteiger charge is -2.09. The van der Waals surface area contributed by atoms with Crippen molar-refractivity contribution in [1.29, 1.82) is 5.26 Å². The number of esters is 1. The largest absolute Gasteiger partial charge is 0.462 e. The lowest BCUT2D eigenvalue weighted by Crippen LogP contribution is -2.10. The minimum absolute atomic E-state index is 0.148. The number of ether oxygens (including phenoxy) is 1. The molecule has 0 amide bonds. The van der Waals surface area contributed by atoms with Crippen LogP contribution in [0.15, 0.2) is 16.6 Å². The van der Waals surface area contributed by atoms with E-state index in [1.807, 2.05) is 6.07 Å². The van der Waals surface area contributed by atoms with Crippen LogP contribution >= 0.6 is 15.9 Å². The zero-order valence-corrected chi connectivity index (χ0v) is 10.2. The normalized spacial score (nSPS) is 9.62. The van der Waals surface area contributed by atoms with Gasteiger partial charge in [0.2, 0.25) is 0 Å². The van der Waals surface area contributed by atoms with Crippen LogP contribution < -0.4 is 0 Å². The van der Waals surface area contributed by atoms with Crippen LogP contribution in [0, 0.1) is 11.3 Å². The molecule has 84 valence electrons. The lowest BCUT2D eigenvalue weighted by molar-refractivity contribution is 0.0524. The van der Waals surface area contributed by atoms with Gasteiger partial charge in [-0.25, -0.2) is 4.79 Å². The summed E-state index contributed by atoms with van der Waals surface area (Å²) >= 11 is 3.19. The van der Waals surface area contributed by atoms with Crippen LogP contribution in [0.25, 0.3) is 0 Å². The maximum absolute atomic E-state index is 11.6. The van der Waals surface area contributed by atoms with Gasteiger partial charge in [0.1, 0.15) is 6.07 Å². The van der Waals surface area contributed by atoms with Crippen LogP contribution in [0.3, 0.4) is 0 Å². The van der Waals surface area contributed by atoms with Crippen molar-refractivity contribution >= 4 is 21.9 Å². The topological polar surface area (TPSA) is 70.3 Å². The highest BCUT2D eigenvalue weighted by molar-refractivity contribution is 9.10. The molecule has 0 saturated carbocycles. The molecule has 0 bridgehead atoms. The van der Waals surface area contributed by atoms with Crippen LogP contribution in [0.4, 0.5) is 0 Å². The van der Waals surface area contributed by atoms with Gasteiger partial charge < -0.3 is 9.84 Å². The van der Waals surface area contributed by atoms with Gasteiger partial charge in [0.15, 0.2) is 0 Å². The molecule has 0 saturated heterocycles. The Morgan fingerprint density at radius 3 is 2.81 bits per heavy atom. The Hall–Kier alpha value is -1.38. The van der Waals surface area contributed by atoms with Gasteiger partial charge in [-0.15, -0.1) is 0 Å². The smallest absolute Gasteiger partial charge is 0.340 e. The van der Waals surface area contributed by atoms with E-state index in [9.17, 15) is 4.79 Å². The molecule has 16 heavy (non-hydrogen) atoms. The van der Waals surface area contributed by atoms with Crippen molar-refractivity contribution in [3.63, 3.8) is 0 Å². The number of rotatable bonds is 3. The van der Waals surface area contributed by atoms with E-state index in [4.69, 9.17) is 15.1 Å². The number of carbonyl (C=O) groups excluding carboxylic acids is 1. The molecule has 0 aliphatic rings. The van der Waals surface area contributed by atoms with E-state index >= 15 is 0 Å². The highest BCUT2D eigenvalue weighted by Crippen LogP contribution is 2.24. The van der Waals surface area contributed by atoms with Crippen LogP contribution in [-0.2, 0) is 11.3 Å². The summed E-state index contributed by atoms with van der Waals surface area (Å²) in [5, 5.41) is 18.0. The van der Waals surface area contributed by atoms with E-state index in [0.29, 0.717) is 10.0 Å². The highest BCUT2D eigenvalue weighted by atomic mass is 79.9. The van der Waals surface area contributed by atoms with Gasteiger partial charge in [0, 0.05) is 4.47 Å². The first-order valence-electron chi connectivity index (χ1n) is 4.65. The van der Waals surface area contributed by atoms with Gasteiger partial charge in [0.25, 0.3) is 0 Å². The number of nitriles is 1. The molecule has 0 atom stereocenters. The van der Waals surface area contributed by atoms with Crippen LogP contribution in [0.1, 0.15) is 28.4 Å². The molecular weight excluding hydrogens is 274 g/mol. The second kappa shape index (κ2) is 5.64. The lowest BCUT2D eigenvalue weighted by atomic mass is 10.0. The summed E-state index contributed by atoms with van der Waals surface area (Å²) in [5.74, 6) is -0.568. The number of aliphatic hydroxyl groups is 1. The van der Waals surface area contributed by atoms with Gasteiger partial charge in [-0.1, -0.05) is 6.07 Å². The Labute approximate surface area is 102 Å². The number of benzene rings is 1. The second-order valence-corrected chi connectivity index (χ2v) is 3.80. The molecule has 1 N–H and O–H groups in total. The maximum atomic E-state index is 11.6. The number of nitrogens with zero attached hydrogens (tertiary/aromatic N) is 1. The van der Waals surface area contributed by atoms with Crippen molar-refractivity contribution in [3.05, 3.63) is 33.3 Å². The minimum atomic E-state index is -0.568. The second-order valence-electron chi connectivity index (χ2n) is 2.95. The fourth-order valence-corrected chi connectivity index (χ4v) is 1.77. The number of aliphatic hydroxyl groups excluding tert-OH is 1. The summed E-state index contributed by atoms with van der Waals surface area (Å²) in [7, 11) is 0. The molecule has 4 nitrogen and oxygen atoms in total. The zero-order valence-electron chi connectivity index (χ0n) is 8.66. The molecule has 0 spiro atoms. The predicted molar refractivity (Wildman–Crippen MR) is 60.7 cm³/mol. The fourth-order valence-electron chi connectivity index (χ4n) is 1.28. The maximum Gasteiger partial charge on any atom is 0.340 e. The van der Waals surface area contributed by atoms with Crippen molar-refractivity contribution in [2.75, 3.05) is 6.61 Å². The van der Waals surface area contributed by atoms with E-state index < -0.39 is 5.97 Å². The third-order valence-electron chi connectivity index (χ3n) is 2.00. The summed E-state index contributed by atoms with van der Waals surface area (Å²) in [5.41, 5.74) is 0.722. The molecule has 0 unspecified atom stereocenters. The molecule has 0 fully saturated rings. The number of halogens is 1. The quantitative estimate of drug-likeness (QED) is 0.862. The van der Waals surface area contributed by atoms with Crippen molar-refractivity contribution in [2.45, 2.75) is 13.5 Å². The standard InChI is InChI=1S/C11H10BrNO3/c1-2-16-11(15)10-8(5-13)7(6-14)3-4-9(10)12/h3-4,14H,2,6H2,1H3. The molecule has 0 aromatic heterocycles. The van der Waals surface area contributed by atoms with E-state index in [2.05, 4.69) is 15.9 Å². The molecule has 5 heteroatoms. The molecule has 0 aliphatic carbocycles. The molecule has 1 rings (SSSR count). The summed E-state index contributed by atoms with van der Waals surface area (Å²) in [6, 6.07) is 5.10. The average Bonchev–Trinajstić information content (AvgIpc) is 2.28. The van der Waals surface area contributed by atoms with Gasteiger partial charge in [0.05, 0.1) is 24.3 Å². The third kappa shape index (κ3) is 2.40. The van der Waals surface area contributed by atoms with Crippen molar-refractivity contribution < 1.29 is 14.6 Å². The molecule has 0 heterocycles. The summed E-state index contributed by atoms with van der Waals surface area (Å²) in [4.78, 5) is 11.6. The number of carbonyl (C=O) groups is 1. The SMILES string of the molecule is CCOC(=O)c1c(Br)ccc(CO)c1C#N. The highest BCUT2D eigenvalue weighted by Gasteiger charge is 2.19. The first-order chi connectivity index (χ1) is 7.65. The van der Waals surface area contributed by atoms with Crippen molar-refractivity contribution in [3.8, 4) is 6.07 Å². The Bertz CT molecular complexity index is 451. The minimum Gasteiger partial charge on any atom is -0.462 e. The van der Waals surface area contributed by atoms with Crippen LogP contribution in [0.5, 0.6) is 0 Å².